The minimum atomic E-state index is -0.0968. The van der Waals surface area contributed by atoms with Gasteiger partial charge in [-0.05, 0) is 55.3 Å². The summed E-state index contributed by atoms with van der Waals surface area (Å²) >= 11 is 0. The molecule has 6 heteroatoms. The van der Waals surface area contributed by atoms with Gasteiger partial charge in [-0.2, -0.15) is 4.98 Å². The number of aromatic nitrogens is 2. The molecule has 0 saturated heterocycles. The van der Waals surface area contributed by atoms with Gasteiger partial charge in [-0.25, -0.2) is 4.98 Å². The first-order valence-electron chi connectivity index (χ1n) is 8.88. The first kappa shape index (κ1) is 18.4. The minimum absolute atomic E-state index is 0.0968. The third kappa shape index (κ3) is 5.28. The molecule has 0 aliphatic carbocycles. The number of nitrogens with zero attached hydrogens (tertiary/aromatic N) is 2. The van der Waals surface area contributed by atoms with Gasteiger partial charge >= 0.3 is 0 Å². The molecule has 0 atom stereocenters. The standard InChI is InChI=1S/C21H23N5O/c1-4-16-5-7-18(8-6-16)24-20-13-14(2)22-21(26-20)25-19-11-9-17(10-12-19)23-15(3)27/h5-13H,4H2,1-3H3,(H,23,27)(H2,22,24,25,26). The van der Waals surface area contributed by atoms with E-state index in [-0.39, 0.29) is 5.91 Å². The molecule has 27 heavy (non-hydrogen) atoms. The van der Waals surface area contributed by atoms with Crippen molar-refractivity contribution < 1.29 is 4.79 Å². The van der Waals surface area contributed by atoms with E-state index in [1.165, 1.54) is 12.5 Å². The minimum Gasteiger partial charge on any atom is -0.340 e. The highest BCUT2D eigenvalue weighted by Crippen LogP contribution is 2.21. The van der Waals surface area contributed by atoms with Crippen LogP contribution in [0.2, 0.25) is 0 Å². The quantitative estimate of drug-likeness (QED) is 0.588. The Kier molecular flexibility index (Phi) is 5.66. The summed E-state index contributed by atoms with van der Waals surface area (Å²) in [7, 11) is 0. The van der Waals surface area contributed by atoms with E-state index in [0.717, 1.165) is 35.0 Å². The molecule has 3 N–H and O–H groups in total. The van der Waals surface area contributed by atoms with Crippen molar-refractivity contribution in [3.8, 4) is 0 Å². The van der Waals surface area contributed by atoms with Crippen molar-refractivity contribution in [1.82, 2.24) is 9.97 Å². The lowest BCUT2D eigenvalue weighted by Gasteiger charge is -2.11. The predicted molar refractivity (Wildman–Crippen MR) is 110 cm³/mol. The van der Waals surface area contributed by atoms with E-state index in [1.54, 1.807) is 0 Å². The summed E-state index contributed by atoms with van der Waals surface area (Å²) in [5.74, 6) is 1.14. The molecule has 0 spiro atoms. The lowest BCUT2D eigenvalue weighted by molar-refractivity contribution is -0.114. The summed E-state index contributed by atoms with van der Waals surface area (Å²) in [5.41, 5.74) is 4.72. The van der Waals surface area contributed by atoms with Crippen LogP contribution in [0, 0.1) is 6.92 Å². The number of nitrogens with one attached hydrogen (secondary N) is 3. The molecular formula is C21H23N5O. The molecule has 2 aromatic carbocycles. The Hall–Kier alpha value is -3.41. The van der Waals surface area contributed by atoms with Crippen LogP contribution in [0.5, 0.6) is 0 Å². The van der Waals surface area contributed by atoms with Gasteiger partial charge in [0.2, 0.25) is 11.9 Å². The van der Waals surface area contributed by atoms with Gasteiger partial charge in [0.25, 0.3) is 0 Å². The number of carbonyl (C=O) groups is 1. The van der Waals surface area contributed by atoms with Gasteiger partial charge in [-0.3, -0.25) is 4.79 Å². The van der Waals surface area contributed by atoms with E-state index >= 15 is 0 Å². The Morgan fingerprint density at radius 3 is 2.11 bits per heavy atom. The smallest absolute Gasteiger partial charge is 0.229 e. The molecule has 0 aliphatic heterocycles. The normalized spacial score (nSPS) is 10.3. The molecule has 6 nitrogen and oxygen atoms in total. The molecular weight excluding hydrogens is 338 g/mol. The number of rotatable bonds is 6. The SMILES string of the molecule is CCc1ccc(Nc2cc(C)nc(Nc3ccc(NC(C)=O)cc3)n2)cc1. The van der Waals surface area contributed by atoms with Gasteiger partial charge in [-0.1, -0.05) is 19.1 Å². The third-order valence-electron chi connectivity index (χ3n) is 3.95. The van der Waals surface area contributed by atoms with Crippen molar-refractivity contribution in [3.63, 3.8) is 0 Å². The Morgan fingerprint density at radius 2 is 1.48 bits per heavy atom. The number of benzene rings is 2. The van der Waals surface area contributed by atoms with E-state index in [2.05, 4.69) is 45.0 Å². The van der Waals surface area contributed by atoms with Crippen LogP contribution in [0.3, 0.4) is 0 Å². The van der Waals surface area contributed by atoms with Crippen LogP contribution in [0.4, 0.5) is 28.8 Å². The van der Waals surface area contributed by atoms with Crippen LogP contribution in [0.1, 0.15) is 25.1 Å². The predicted octanol–water partition coefficient (Wildman–Crippen LogP) is 4.79. The van der Waals surface area contributed by atoms with Gasteiger partial charge in [0.15, 0.2) is 0 Å². The third-order valence-corrected chi connectivity index (χ3v) is 3.95. The molecule has 0 fully saturated rings. The van der Waals surface area contributed by atoms with E-state index in [9.17, 15) is 4.79 Å². The van der Waals surface area contributed by atoms with Crippen LogP contribution < -0.4 is 16.0 Å². The van der Waals surface area contributed by atoms with Crippen LogP contribution >= 0.6 is 0 Å². The topological polar surface area (TPSA) is 78.9 Å². The molecule has 3 aromatic rings. The average Bonchev–Trinajstić information content (AvgIpc) is 2.63. The van der Waals surface area contributed by atoms with Crippen LogP contribution in [0.15, 0.2) is 54.6 Å². The highest BCUT2D eigenvalue weighted by Gasteiger charge is 2.04. The summed E-state index contributed by atoms with van der Waals surface area (Å²) in [6, 6.07) is 17.6. The van der Waals surface area contributed by atoms with E-state index in [0.29, 0.717) is 5.95 Å². The Labute approximate surface area is 159 Å². The molecule has 138 valence electrons. The van der Waals surface area contributed by atoms with Crippen LogP contribution in [0.25, 0.3) is 0 Å². The second-order valence-corrected chi connectivity index (χ2v) is 6.28. The number of hydrogen-bond acceptors (Lipinski definition) is 5. The Bertz CT molecular complexity index is 920. The Morgan fingerprint density at radius 1 is 0.889 bits per heavy atom. The lowest BCUT2D eigenvalue weighted by Crippen LogP contribution is -2.06. The fourth-order valence-corrected chi connectivity index (χ4v) is 2.63. The highest BCUT2D eigenvalue weighted by atomic mass is 16.1. The fourth-order valence-electron chi connectivity index (χ4n) is 2.63. The summed E-state index contributed by atoms with van der Waals surface area (Å²) in [6.45, 7) is 5.55. The maximum absolute atomic E-state index is 11.1. The fraction of sp³-hybridized carbons (Fsp3) is 0.190. The highest BCUT2D eigenvalue weighted by molar-refractivity contribution is 5.88. The number of aryl methyl sites for hydroxylation is 2. The molecule has 1 heterocycles. The van der Waals surface area contributed by atoms with Crippen molar-refractivity contribution in [1.29, 1.82) is 0 Å². The van der Waals surface area contributed by atoms with E-state index in [1.807, 2.05) is 49.4 Å². The zero-order valence-electron chi connectivity index (χ0n) is 15.7. The monoisotopic (exact) mass is 361 g/mol. The first-order valence-corrected chi connectivity index (χ1v) is 8.88. The van der Waals surface area contributed by atoms with Crippen molar-refractivity contribution in [2.75, 3.05) is 16.0 Å². The second kappa shape index (κ2) is 8.31. The number of amides is 1. The number of hydrogen-bond donors (Lipinski definition) is 3. The molecule has 1 amide bonds. The number of anilines is 5. The zero-order chi connectivity index (χ0) is 19.2. The average molecular weight is 361 g/mol. The molecule has 3 rings (SSSR count). The van der Waals surface area contributed by atoms with Gasteiger partial charge in [0, 0.05) is 35.7 Å². The Balaban J connectivity index is 1.73. The van der Waals surface area contributed by atoms with E-state index in [4.69, 9.17) is 0 Å². The zero-order valence-corrected chi connectivity index (χ0v) is 15.7. The van der Waals surface area contributed by atoms with Gasteiger partial charge in [-0.15, -0.1) is 0 Å². The summed E-state index contributed by atoms with van der Waals surface area (Å²) in [6.07, 6.45) is 1.02. The van der Waals surface area contributed by atoms with Crippen LogP contribution in [-0.2, 0) is 11.2 Å². The molecule has 0 unspecified atom stereocenters. The van der Waals surface area contributed by atoms with Crippen molar-refractivity contribution in [2.24, 2.45) is 0 Å². The molecule has 0 radical (unpaired) electrons. The maximum atomic E-state index is 11.1. The lowest BCUT2D eigenvalue weighted by atomic mass is 10.1. The molecule has 0 aliphatic rings. The largest absolute Gasteiger partial charge is 0.340 e. The molecule has 1 aromatic heterocycles. The van der Waals surface area contributed by atoms with Crippen molar-refractivity contribution in [3.05, 3.63) is 65.9 Å². The van der Waals surface area contributed by atoms with Gasteiger partial charge < -0.3 is 16.0 Å². The summed E-state index contributed by atoms with van der Waals surface area (Å²) in [5, 5.41) is 9.25. The van der Waals surface area contributed by atoms with Crippen molar-refractivity contribution >= 4 is 34.7 Å². The maximum Gasteiger partial charge on any atom is 0.229 e. The first-order chi connectivity index (χ1) is 13.0. The number of carbonyl (C=O) groups excluding carboxylic acids is 1. The van der Waals surface area contributed by atoms with E-state index < -0.39 is 0 Å². The van der Waals surface area contributed by atoms with Gasteiger partial charge in [0.05, 0.1) is 0 Å². The van der Waals surface area contributed by atoms with Crippen LogP contribution in [-0.4, -0.2) is 15.9 Å². The molecule has 0 bridgehead atoms. The van der Waals surface area contributed by atoms with Crippen molar-refractivity contribution in [2.45, 2.75) is 27.2 Å². The van der Waals surface area contributed by atoms with Gasteiger partial charge in [0.1, 0.15) is 5.82 Å². The second-order valence-electron chi connectivity index (χ2n) is 6.28. The summed E-state index contributed by atoms with van der Waals surface area (Å²) < 4.78 is 0. The molecule has 0 saturated carbocycles. The summed E-state index contributed by atoms with van der Waals surface area (Å²) in [4.78, 5) is 20.1.